The number of nitrogens with two attached hydrogens (primary N) is 1. The van der Waals surface area contributed by atoms with E-state index in [0.29, 0.717) is 11.9 Å². The maximum absolute atomic E-state index is 5.46. The number of anilines is 2. The summed E-state index contributed by atoms with van der Waals surface area (Å²) in [6, 6.07) is 2.17. The summed E-state index contributed by atoms with van der Waals surface area (Å²) in [6.45, 7) is 4.82. The molecule has 0 aromatic carbocycles. The number of hydrogen-bond acceptors (Lipinski definition) is 7. The Morgan fingerprint density at radius 3 is 3.10 bits per heavy atom. The number of nitrogens with zero attached hydrogens (tertiary/aromatic N) is 2. The number of hydrogen-bond donors (Lipinski definition) is 3. The third kappa shape index (κ3) is 3.25. The molecule has 0 aliphatic carbocycles. The van der Waals surface area contributed by atoms with Crippen LogP contribution < -0.4 is 16.6 Å². The summed E-state index contributed by atoms with van der Waals surface area (Å²) in [7, 11) is 0. The largest absolute Gasteiger partial charge is 0.381 e. The highest BCUT2D eigenvalue weighted by Gasteiger charge is 2.16. The van der Waals surface area contributed by atoms with Crippen molar-refractivity contribution in [3.8, 4) is 0 Å². The monoisotopic (exact) mass is 307 g/mol. The van der Waals surface area contributed by atoms with Crippen LogP contribution in [0.2, 0.25) is 0 Å². The summed E-state index contributed by atoms with van der Waals surface area (Å²) in [6.07, 6.45) is 3.27. The second kappa shape index (κ2) is 6.55. The van der Waals surface area contributed by atoms with E-state index >= 15 is 0 Å². The third-order valence-corrected chi connectivity index (χ3v) is 4.96. The number of thiophene rings is 1. The van der Waals surface area contributed by atoms with Gasteiger partial charge in [-0.1, -0.05) is 6.92 Å². The van der Waals surface area contributed by atoms with E-state index in [1.807, 2.05) is 0 Å². The topological polar surface area (TPSA) is 85.1 Å². The van der Waals surface area contributed by atoms with Gasteiger partial charge in [0.1, 0.15) is 10.6 Å². The Labute approximate surface area is 128 Å². The average Bonchev–Trinajstić information content (AvgIpc) is 3.15. The first-order chi connectivity index (χ1) is 10.3. The zero-order valence-corrected chi connectivity index (χ0v) is 13.0. The van der Waals surface area contributed by atoms with E-state index in [0.717, 1.165) is 55.1 Å². The molecule has 2 aromatic heterocycles. The standard InChI is InChI=1S/C14H21N5OS/c1-2-10-7-11-12(16-5-3-9-4-6-20-8-9)17-14(19-15)18-13(11)21-10/h7,9H,2-6,8,15H2,1H3,(H2,16,17,18,19). The molecule has 21 heavy (non-hydrogen) atoms. The minimum Gasteiger partial charge on any atom is -0.381 e. The van der Waals surface area contributed by atoms with Gasteiger partial charge in [-0.05, 0) is 31.2 Å². The van der Waals surface area contributed by atoms with Crippen LogP contribution in [0, 0.1) is 5.92 Å². The van der Waals surface area contributed by atoms with Crippen molar-refractivity contribution in [2.75, 3.05) is 30.5 Å². The lowest BCUT2D eigenvalue weighted by molar-refractivity contribution is 0.185. The maximum atomic E-state index is 5.46. The second-order valence-corrected chi connectivity index (χ2v) is 6.39. The van der Waals surface area contributed by atoms with E-state index in [1.165, 1.54) is 4.88 Å². The van der Waals surface area contributed by atoms with Crippen LogP contribution in [-0.4, -0.2) is 29.7 Å². The molecular weight excluding hydrogens is 286 g/mol. The number of rotatable bonds is 6. The number of fused-ring (bicyclic) bond motifs is 1. The molecule has 0 bridgehead atoms. The number of hydrazine groups is 1. The normalized spacial score (nSPS) is 18.3. The van der Waals surface area contributed by atoms with Crippen LogP contribution in [0.1, 0.15) is 24.6 Å². The van der Waals surface area contributed by atoms with Gasteiger partial charge in [-0.3, -0.25) is 5.43 Å². The molecule has 0 spiro atoms. The second-order valence-electron chi connectivity index (χ2n) is 5.27. The Balaban J connectivity index is 1.76. The lowest BCUT2D eigenvalue weighted by Gasteiger charge is -2.10. The summed E-state index contributed by atoms with van der Waals surface area (Å²) in [4.78, 5) is 11.1. The van der Waals surface area contributed by atoms with Gasteiger partial charge in [0.15, 0.2) is 0 Å². The number of nitrogens with one attached hydrogen (secondary N) is 2. The van der Waals surface area contributed by atoms with Gasteiger partial charge in [0.25, 0.3) is 0 Å². The summed E-state index contributed by atoms with van der Waals surface area (Å²) in [5.74, 6) is 7.45. The van der Waals surface area contributed by atoms with Gasteiger partial charge >= 0.3 is 0 Å². The van der Waals surface area contributed by atoms with E-state index in [1.54, 1.807) is 11.3 Å². The molecule has 1 unspecified atom stereocenters. The van der Waals surface area contributed by atoms with Crippen LogP contribution >= 0.6 is 11.3 Å². The van der Waals surface area contributed by atoms with Crippen molar-refractivity contribution in [2.24, 2.45) is 11.8 Å². The summed E-state index contributed by atoms with van der Waals surface area (Å²) in [5, 5.41) is 4.51. The molecule has 0 amide bonds. The predicted octanol–water partition coefficient (Wildman–Crippen LogP) is 2.38. The van der Waals surface area contributed by atoms with E-state index in [9.17, 15) is 0 Å². The van der Waals surface area contributed by atoms with Crippen molar-refractivity contribution in [1.29, 1.82) is 0 Å². The zero-order chi connectivity index (χ0) is 14.7. The molecule has 6 nitrogen and oxygen atoms in total. The highest BCUT2D eigenvalue weighted by Crippen LogP contribution is 2.30. The quantitative estimate of drug-likeness (QED) is 0.561. The van der Waals surface area contributed by atoms with Crippen molar-refractivity contribution >= 4 is 33.3 Å². The van der Waals surface area contributed by atoms with Crippen LogP contribution in [0.3, 0.4) is 0 Å². The maximum Gasteiger partial charge on any atom is 0.240 e. The minimum atomic E-state index is 0.457. The highest BCUT2D eigenvalue weighted by molar-refractivity contribution is 7.18. The van der Waals surface area contributed by atoms with Gasteiger partial charge in [0.2, 0.25) is 5.95 Å². The molecule has 3 heterocycles. The predicted molar refractivity (Wildman–Crippen MR) is 86.6 cm³/mol. The van der Waals surface area contributed by atoms with Crippen molar-refractivity contribution < 1.29 is 4.74 Å². The van der Waals surface area contributed by atoms with Crippen LogP contribution in [0.4, 0.5) is 11.8 Å². The fourth-order valence-electron chi connectivity index (χ4n) is 2.55. The molecule has 0 saturated carbocycles. The summed E-state index contributed by atoms with van der Waals surface area (Å²) < 4.78 is 5.41. The van der Waals surface area contributed by atoms with E-state index in [2.05, 4.69) is 33.7 Å². The van der Waals surface area contributed by atoms with Crippen molar-refractivity contribution in [2.45, 2.75) is 26.2 Å². The Morgan fingerprint density at radius 1 is 1.48 bits per heavy atom. The molecule has 1 fully saturated rings. The first-order valence-corrected chi connectivity index (χ1v) is 8.20. The number of ether oxygens (including phenoxy) is 1. The number of aromatic nitrogens is 2. The lowest BCUT2D eigenvalue weighted by Crippen LogP contribution is -2.13. The number of nitrogen functional groups attached to an aromatic ring is 1. The molecule has 1 saturated heterocycles. The summed E-state index contributed by atoms with van der Waals surface area (Å²) in [5.41, 5.74) is 2.54. The Kier molecular flexibility index (Phi) is 4.52. The fraction of sp³-hybridized carbons (Fsp3) is 0.571. The summed E-state index contributed by atoms with van der Waals surface area (Å²) >= 11 is 1.69. The first kappa shape index (κ1) is 14.5. The van der Waals surface area contributed by atoms with Crippen LogP contribution in [-0.2, 0) is 11.2 Å². The van der Waals surface area contributed by atoms with Crippen LogP contribution in [0.15, 0.2) is 6.07 Å². The lowest BCUT2D eigenvalue weighted by atomic mass is 10.1. The van der Waals surface area contributed by atoms with Gasteiger partial charge in [-0.15, -0.1) is 11.3 Å². The van der Waals surface area contributed by atoms with Gasteiger partial charge in [0.05, 0.1) is 5.39 Å². The Morgan fingerprint density at radius 2 is 2.38 bits per heavy atom. The molecular formula is C14H21N5OS. The van der Waals surface area contributed by atoms with E-state index in [4.69, 9.17) is 10.6 Å². The van der Waals surface area contributed by atoms with E-state index < -0.39 is 0 Å². The molecule has 0 radical (unpaired) electrons. The van der Waals surface area contributed by atoms with Crippen LogP contribution in [0.5, 0.6) is 0 Å². The third-order valence-electron chi connectivity index (χ3n) is 3.79. The van der Waals surface area contributed by atoms with Crippen molar-refractivity contribution in [3.05, 3.63) is 10.9 Å². The van der Waals surface area contributed by atoms with Gasteiger partial charge in [-0.2, -0.15) is 4.98 Å². The fourth-order valence-corrected chi connectivity index (χ4v) is 3.52. The molecule has 1 atom stereocenters. The molecule has 1 aliphatic heterocycles. The zero-order valence-electron chi connectivity index (χ0n) is 12.2. The molecule has 4 N–H and O–H groups in total. The Hall–Kier alpha value is -1.44. The first-order valence-electron chi connectivity index (χ1n) is 7.39. The molecule has 7 heteroatoms. The minimum absolute atomic E-state index is 0.457. The average molecular weight is 307 g/mol. The smallest absolute Gasteiger partial charge is 0.240 e. The molecule has 114 valence electrons. The molecule has 1 aliphatic rings. The Bertz CT molecular complexity index is 609. The van der Waals surface area contributed by atoms with Crippen molar-refractivity contribution in [1.82, 2.24) is 9.97 Å². The number of aryl methyl sites for hydroxylation is 1. The van der Waals surface area contributed by atoms with Gasteiger partial charge < -0.3 is 10.1 Å². The van der Waals surface area contributed by atoms with E-state index in [-0.39, 0.29) is 0 Å². The highest BCUT2D eigenvalue weighted by atomic mass is 32.1. The molecule has 3 rings (SSSR count). The van der Waals surface area contributed by atoms with Crippen molar-refractivity contribution in [3.63, 3.8) is 0 Å². The SMILES string of the molecule is CCc1cc2c(NCCC3CCOC3)nc(NN)nc2s1. The van der Waals surface area contributed by atoms with Crippen LogP contribution in [0.25, 0.3) is 10.2 Å². The van der Waals surface area contributed by atoms with Gasteiger partial charge in [-0.25, -0.2) is 10.8 Å². The molecule has 2 aromatic rings. The van der Waals surface area contributed by atoms with Gasteiger partial charge in [0, 0.05) is 24.6 Å².